The van der Waals surface area contributed by atoms with Gasteiger partial charge in [0.15, 0.2) is 0 Å². The number of nitrogens with zero attached hydrogens (tertiary/aromatic N) is 2. The van der Waals surface area contributed by atoms with E-state index in [1.165, 1.54) is 0 Å². The van der Waals surface area contributed by atoms with Gasteiger partial charge in [0.05, 0.1) is 5.52 Å². The van der Waals surface area contributed by atoms with Crippen molar-refractivity contribution in [2.75, 3.05) is 26.2 Å². The lowest BCUT2D eigenvalue weighted by Gasteiger charge is -2.34. The normalized spacial score (nSPS) is 15.2. The average Bonchev–Trinajstić information content (AvgIpc) is 2.70. The van der Waals surface area contributed by atoms with Crippen LogP contribution >= 0.6 is 0 Å². The first kappa shape index (κ1) is 17.5. The molecule has 0 aliphatic carbocycles. The van der Waals surface area contributed by atoms with Crippen molar-refractivity contribution in [3.05, 3.63) is 81.6 Å². The zero-order chi connectivity index (χ0) is 18.8. The number of piperazine rings is 1. The monoisotopic (exact) mass is 361 g/mol. The molecule has 3 aromatic rings. The van der Waals surface area contributed by atoms with Crippen LogP contribution in [0.15, 0.2) is 59.4 Å². The Labute approximate surface area is 158 Å². The van der Waals surface area contributed by atoms with Crippen LogP contribution in [0.1, 0.15) is 21.5 Å². The molecule has 1 fully saturated rings. The van der Waals surface area contributed by atoms with Gasteiger partial charge in [-0.2, -0.15) is 0 Å². The molecule has 0 spiro atoms. The summed E-state index contributed by atoms with van der Waals surface area (Å²) in [4.78, 5) is 32.2. The smallest absolute Gasteiger partial charge is 0.253 e. The quantitative estimate of drug-likeness (QED) is 0.780. The third-order valence-corrected chi connectivity index (χ3v) is 5.24. The van der Waals surface area contributed by atoms with E-state index in [9.17, 15) is 9.59 Å². The summed E-state index contributed by atoms with van der Waals surface area (Å²) in [5.41, 5.74) is 3.46. The number of aryl methyl sites for hydroxylation is 1. The molecule has 1 aliphatic heterocycles. The first-order chi connectivity index (χ1) is 13.1. The van der Waals surface area contributed by atoms with Crippen LogP contribution in [-0.4, -0.2) is 46.9 Å². The van der Waals surface area contributed by atoms with Crippen LogP contribution in [0.2, 0.25) is 0 Å². The molecule has 4 rings (SSSR count). The molecule has 2 aromatic carbocycles. The Morgan fingerprint density at radius 2 is 1.74 bits per heavy atom. The molecular formula is C22H23N3O2. The van der Waals surface area contributed by atoms with E-state index in [0.29, 0.717) is 19.6 Å². The molecule has 0 radical (unpaired) electrons. The number of H-pyrrole nitrogens is 1. The first-order valence-electron chi connectivity index (χ1n) is 9.30. The van der Waals surface area contributed by atoms with E-state index in [0.717, 1.165) is 40.7 Å². The minimum atomic E-state index is -0.0282. The zero-order valence-electron chi connectivity index (χ0n) is 15.4. The fourth-order valence-electron chi connectivity index (χ4n) is 3.66. The minimum Gasteiger partial charge on any atom is -0.336 e. The van der Waals surface area contributed by atoms with Crippen molar-refractivity contribution < 1.29 is 4.79 Å². The van der Waals surface area contributed by atoms with E-state index in [-0.39, 0.29) is 11.5 Å². The topological polar surface area (TPSA) is 56.4 Å². The Kier molecular flexibility index (Phi) is 4.77. The number of para-hydroxylation sites is 1. The molecule has 138 valence electrons. The molecule has 27 heavy (non-hydrogen) atoms. The van der Waals surface area contributed by atoms with Gasteiger partial charge in [-0.15, -0.1) is 0 Å². The Bertz CT molecular complexity index is 1020. The Hall–Kier alpha value is -2.92. The highest BCUT2D eigenvalue weighted by atomic mass is 16.2. The molecule has 0 bridgehead atoms. The lowest BCUT2D eigenvalue weighted by atomic mass is 10.1. The number of rotatable bonds is 3. The highest BCUT2D eigenvalue weighted by molar-refractivity contribution is 5.94. The van der Waals surface area contributed by atoms with E-state index < -0.39 is 0 Å². The van der Waals surface area contributed by atoms with Gasteiger partial charge >= 0.3 is 0 Å². The molecule has 1 aliphatic rings. The van der Waals surface area contributed by atoms with Crippen molar-refractivity contribution in [1.82, 2.24) is 14.8 Å². The number of fused-ring (bicyclic) bond motifs is 1. The van der Waals surface area contributed by atoms with Crippen molar-refractivity contribution >= 4 is 16.8 Å². The van der Waals surface area contributed by atoms with Crippen molar-refractivity contribution in [2.24, 2.45) is 0 Å². The average molecular weight is 361 g/mol. The number of nitrogens with one attached hydrogen (secondary N) is 1. The van der Waals surface area contributed by atoms with Gasteiger partial charge in [-0.1, -0.05) is 36.4 Å². The predicted octanol–water partition coefficient (Wildman–Crippen LogP) is 2.79. The number of benzene rings is 2. The molecule has 5 heteroatoms. The lowest BCUT2D eigenvalue weighted by Crippen LogP contribution is -2.48. The molecule has 1 saturated heterocycles. The van der Waals surface area contributed by atoms with Crippen LogP contribution in [0.4, 0.5) is 0 Å². The second-order valence-electron chi connectivity index (χ2n) is 7.10. The van der Waals surface area contributed by atoms with Crippen LogP contribution < -0.4 is 5.56 Å². The van der Waals surface area contributed by atoms with Crippen LogP contribution in [0.5, 0.6) is 0 Å². The highest BCUT2D eigenvalue weighted by Gasteiger charge is 2.22. The number of amides is 1. The van der Waals surface area contributed by atoms with Crippen LogP contribution in [0.25, 0.3) is 10.9 Å². The van der Waals surface area contributed by atoms with Gasteiger partial charge in [-0.05, 0) is 36.1 Å². The Balaban J connectivity index is 1.44. The van der Waals surface area contributed by atoms with Crippen LogP contribution in [0, 0.1) is 6.92 Å². The van der Waals surface area contributed by atoms with Crippen LogP contribution in [0.3, 0.4) is 0 Å². The van der Waals surface area contributed by atoms with E-state index in [1.54, 1.807) is 0 Å². The van der Waals surface area contributed by atoms with Gasteiger partial charge in [-0.25, -0.2) is 0 Å². The number of aromatic nitrogens is 1. The Morgan fingerprint density at radius 3 is 2.48 bits per heavy atom. The summed E-state index contributed by atoms with van der Waals surface area (Å²) in [6.07, 6.45) is 0. The first-order valence-corrected chi connectivity index (χ1v) is 9.30. The summed E-state index contributed by atoms with van der Waals surface area (Å²) in [6, 6.07) is 17.4. The maximum atomic E-state index is 12.5. The summed E-state index contributed by atoms with van der Waals surface area (Å²) in [5, 5.41) is 1.06. The molecule has 2 heterocycles. The third kappa shape index (κ3) is 3.64. The highest BCUT2D eigenvalue weighted by Crippen LogP contribution is 2.16. The molecule has 0 atom stereocenters. The second kappa shape index (κ2) is 7.37. The summed E-state index contributed by atoms with van der Waals surface area (Å²) < 4.78 is 0. The summed E-state index contributed by atoms with van der Waals surface area (Å²) >= 11 is 0. The summed E-state index contributed by atoms with van der Waals surface area (Å²) in [7, 11) is 0. The number of carbonyl (C=O) groups is 1. The van der Waals surface area contributed by atoms with Gasteiger partial charge in [0.2, 0.25) is 0 Å². The van der Waals surface area contributed by atoms with Crippen molar-refractivity contribution in [2.45, 2.75) is 13.5 Å². The summed E-state index contributed by atoms with van der Waals surface area (Å²) in [6.45, 7) is 5.50. The maximum absolute atomic E-state index is 12.5. The molecule has 1 amide bonds. The zero-order valence-corrected chi connectivity index (χ0v) is 15.4. The molecule has 5 nitrogen and oxygen atoms in total. The molecule has 1 N–H and O–H groups in total. The molecule has 0 unspecified atom stereocenters. The van der Waals surface area contributed by atoms with E-state index in [2.05, 4.69) is 9.88 Å². The van der Waals surface area contributed by atoms with Gasteiger partial charge in [0, 0.05) is 43.9 Å². The standard InChI is InChI=1S/C22H23N3O2/c1-16-6-5-9-18-14-19(21(26)23-20(16)18)15-24-10-12-25(13-11-24)22(27)17-7-3-2-4-8-17/h2-9,14H,10-13,15H2,1H3,(H,23,26). The van der Waals surface area contributed by atoms with Gasteiger partial charge in [0.1, 0.15) is 0 Å². The SMILES string of the molecule is Cc1cccc2cc(CN3CCN(C(=O)c4ccccc4)CC3)c(=O)[nH]c12. The fraction of sp³-hybridized carbons (Fsp3) is 0.273. The number of hydrogen-bond acceptors (Lipinski definition) is 3. The van der Waals surface area contributed by atoms with Crippen molar-refractivity contribution in [3.8, 4) is 0 Å². The number of pyridine rings is 1. The van der Waals surface area contributed by atoms with Gasteiger partial charge in [0.25, 0.3) is 11.5 Å². The maximum Gasteiger partial charge on any atom is 0.253 e. The lowest BCUT2D eigenvalue weighted by molar-refractivity contribution is 0.0628. The largest absolute Gasteiger partial charge is 0.336 e. The van der Waals surface area contributed by atoms with E-state index >= 15 is 0 Å². The minimum absolute atomic E-state index is 0.0282. The second-order valence-corrected chi connectivity index (χ2v) is 7.10. The van der Waals surface area contributed by atoms with E-state index in [1.807, 2.05) is 66.4 Å². The molecule has 0 saturated carbocycles. The molecular weight excluding hydrogens is 338 g/mol. The summed E-state index contributed by atoms with van der Waals surface area (Å²) in [5.74, 6) is 0.0780. The Morgan fingerprint density at radius 1 is 1.00 bits per heavy atom. The third-order valence-electron chi connectivity index (χ3n) is 5.24. The predicted molar refractivity (Wildman–Crippen MR) is 107 cm³/mol. The number of carbonyl (C=O) groups excluding carboxylic acids is 1. The number of hydrogen-bond donors (Lipinski definition) is 1. The van der Waals surface area contributed by atoms with Gasteiger partial charge < -0.3 is 9.88 Å². The van der Waals surface area contributed by atoms with Crippen LogP contribution in [-0.2, 0) is 6.54 Å². The van der Waals surface area contributed by atoms with Gasteiger partial charge in [-0.3, -0.25) is 14.5 Å². The number of aromatic amines is 1. The fourth-order valence-corrected chi connectivity index (χ4v) is 3.66. The molecule has 1 aromatic heterocycles. The van der Waals surface area contributed by atoms with E-state index in [4.69, 9.17) is 0 Å². The van der Waals surface area contributed by atoms with Crippen molar-refractivity contribution in [1.29, 1.82) is 0 Å². The van der Waals surface area contributed by atoms with Crippen molar-refractivity contribution in [3.63, 3.8) is 0 Å².